The highest BCUT2D eigenvalue weighted by molar-refractivity contribution is 6.32. The Bertz CT molecular complexity index is 1480. The van der Waals surface area contributed by atoms with E-state index < -0.39 is 11.7 Å². The third kappa shape index (κ3) is 10.1. The Balaban J connectivity index is 1.49. The molecule has 4 aromatic carbocycles. The summed E-state index contributed by atoms with van der Waals surface area (Å²) in [7, 11) is 1.58. The van der Waals surface area contributed by atoms with E-state index in [2.05, 4.69) is 34.5 Å². The van der Waals surface area contributed by atoms with Crippen LogP contribution in [0.4, 0.5) is 13.2 Å². The molecule has 244 valence electrons. The molecular weight excluding hydrogens is 613 g/mol. The van der Waals surface area contributed by atoms with Crippen LogP contribution in [-0.2, 0) is 22.3 Å². The van der Waals surface area contributed by atoms with Crippen LogP contribution in [0.1, 0.15) is 53.0 Å². The monoisotopic (exact) mass is 652 g/mol. The second-order valence-electron chi connectivity index (χ2n) is 11.2. The van der Waals surface area contributed by atoms with Gasteiger partial charge in [-0.2, -0.15) is 13.2 Å². The zero-order chi connectivity index (χ0) is 32.9. The van der Waals surface area contributed by atoms with Crippen molar-refractivity contribution in [1.29, 1.82) is 0 Å². The fourth-order valence-electron chi connectivity index (χ4n) is 5.36. The first kappa shape index (κ1) is 35.0. The van der Waals surface area contributed by atoms with Crippen LogP contribution in [0.25, 0.3) is 0 Å². The maximum Gasteiger partial charge on any atom is 0.417 e. The molecule has 9 heteroatoms. The summed E-state index contributed by atoms with van der Waals surface area (Å²) in [6.45, 7) is 4.46. The van der Waals surface area contributed by atoms with E-state index in [0.29, 0.717) is 50.6 Å². The van der Waals surface area contributed by atoms with Crippen molar-refractivity contribution in [3.8, 4) is 5.75 Å². The molecule has 1 amide bonds. The smallest absolute Gasteiger partial charge is 0.417 e. The molecule has 0 aliphatic heterocycles. The molecule has 1 unspecified atom stereocenters. The Hall–Kier alpha value is -3.85. The number of carbonyl (C=O) groups is 1. The number of rotatable bonds is 16. The first-order valence-electron chi connectivity index (χ1n) is 15.3. The number of amides is 1. The minimum atomic E-state index is -4.54. The second-order valence-corrected chi connectivity index (χ2v) is 11.5. The largest absolute Gasteiger partial charge is 0.494 e. The highest BCUT2D eigenvalue weighted by Gasteiger charge is 2.34. The number of hydrogen-bond donors (Lipinski definition) is 1. The molecule has 46 heavy (non-hydrogen) atoms. The Morgan fingerprint density at radius 1 is 0.870 bits per heavy atom. The Morgan fingerprint density at radius 3 is 2.13 bits per heavy atom. The summed E-state index contributed by atoms with van der Waals surface area (Å²) in [5.74, 6) is 0.180. The normalized spacial score (nSPS) is 12.3. The molecule has 0 saturated heterocycles. The van der Waals surface area contributed by atoms with Gasteiger partial charge in [0.2, 0.25) is 5.91 Å². The van der Waals surface area contributed by atoms with Crippen LogP contribution in [-0.4, -0.2) is 50.8 Å². The second kappa shape index (κ2) is 17.2. The number of carbonyl (C=O) groups excluding carboxylic acids is 1. The van der Waals surface area contributed by atoms with E-state index in [0.717, 1.165) is 22.8 Å². The standard InChI is InChI=1S/C37H40ClF3N2O3/c1-27(36(44)42-20-23-45-2)30-16-9-18-32(24-30)46-22-11-21-43(25-31-17-10-19-34(35(31)38)37(39,40)41)26-33(28-12-5-3-6-13-28)29-14-7-4-8-15-29/h3-10,12-19,24,27,33H,11,20-23,25-26H2,1-2H3,(H,42,44). The average molecular weight is 653 g/mol. The molecule has 4 aromatic rings. The van der Waals surface area contributed by atoms with Crippen molar-refractivity contribution >= 4 is 17.5 Å². The predicted octanol–water partition coefficient (Wildman–Crippen LogP) is 8.33. The summed E-state index contributed by atoms with van der Waals surface area (Å²) in [5, 5.41) is 2.58. The van der Waals surface area contributed by atoms with E-state index in [1.165, 1.54) is 6.07 Å². The summed E-state index contributed by atoms with van der Waals surface area (Å²) in [6, 6.07) is 31.7. The average Bonchev–Trinajstić information content (AvgIpc) is 3.06. The van der Waals surface area contributed by atoms with E-state index in [-0.39, 0.29) is 29.3 Å². The fraction of sp³-hybridized carbons (Fsp3) is 0.324. The quantitative estimate of drug-likeness (QED) is 0.124. The Morgan fingerprint density at radius 2 is 1.50 bits per heavy atom. The van der Waals surface area contributed by atoms with E-state index in [4.69, 9.17) is 21.1 Å². The predicted molar refractivity (Wildman–Crippen MR) is 176 cm³/mol. The maximum atomic E-state index is 13.7. The first-order chi connectivity index (χ1) is 22.2. The van der Waals surface area contributed by atoms with Crippen LogP contribution < -0.4 is 10.1 Å². The summed E-state index contributed by atoms with van der Waals surface area (Å²) >= 11 is 6.34. The van der Waals surface area contributed by atoms with Crippen molar-refractivity contribution in [2.24, 2.45) is 0 Å². The third-order valence-corrected chi connectivity index (χ3v) is 8.31. The van der Waals surface area contributed by atoms with E-state index >= 15 is 0 Å². The number of alkyl halides is 3. The van der Waals surface area contributed by atoms with Gasteiger partial charge in [0.25, 0.3) is 0 Å². The van der Waals surface area contributed by atoms with E-state index in [1.807, 2.05) is 67.6 Å². The molecular formula is C37H40ClF3N2O3. The lowest BCUT2D eigenvalue weighted by Gasteiger charge is -2.29. The SMILES string of the molecule is COCCNC(=O)C(C)c1cccc(OCCCN(Cc2cccc(C(F)(F)F)c2Cl)CC(c2ccccc2)c2ccccc2)c1. The number of benzene rings is 4. The summed E-state index contributed by atoms with van der Waals surface area (Å²) < 4.78 is 52.1. The number of ether oxygens (including phenoxy) is 2. The summed E-state index contributed by atoms with van der Waals surface area (Å²) in [4.78, 5) is 14.7. The van der Waals surface area contributed by atoms with Crippen molar-refractivity contribution in [1.82, 2.24) is 10.2 Å². The Labute approximate surface area is 274 Å². The molecule has 0 heterocycles. The van der Waals surface area contributed by atoms with Crippen LogP contribution in [0.3, 0.4) is 0 Å². The van der Waals surface area contributed by atoms with Gasteiger partial charge in [-0.15, -0.1) is 0 Å². The van der Waals surface area contributed by atoms with Crippen molar-refractivity contribution in [3.05, 3.63) is 136 Å². The molecule has 0 aromatic heterocycles. The molecule has 4 rings (SSSR count). The molecule has 0 bridgehead atoms. The Kier molecular flexibility index (Phi) is 13.1. The van der Waals surface area contributed by atoms with Gasteiger partial charge in [-0.1, -0.05) is 96.5 Å². The number of nitrogens with one attached hydrogen (secondary N) is 1. The van der Waals surface area contributed by atoms with Crippen LogP contribution in [0.15, 0.2) is 103 Å². The molecule has 1 atom stereocenters. The molecule has 0 fully saturated rings. The molecule has 0 saturated carbocycles. The van der Waals surface area contributed by atoms with E-state index in [9.17, 15) is 18.0 Å². The van der Waals surface area contributed by atoms with Gasteiger partial charge in [-0.05, 0) is 53.8 Å². The lowest BCUT2D eigenvalue weighted by atomic mass is 9.90. The number of hydrogen-bond acceptors (Lipinski definition) is 4. The lowest BCUT2D eigenvalue weighted by molar-refractivity contribution is -0.137. The number of halogens is 4. The van der Waals surface area contributed by atoms with Crippen molar-refractivity contribution in [2.75, 3.05) is 40.0 Å². The van der Waals surface area contributed by atoms with Gasteiger partial charge in [-0.3, -0.25) is 9.69 Å². The van der Waals surface area contributed by atoms with Crippen LogP contribution in [0.2, 0.25) is 5.02 Å². The number of methoxy groups -OCH3 is 1. The molecule has 0 spiro atoms. The third-order valence-electron chi connectivity index (χ3n) is 7.87. The van der Waals surface area contributed by atoms with Gasteiger partial charge < -0.3 is 14.8 Å². The van der Waals surface area contributed by atoms with Crippen molar-refractivity contribution in [3.63, 3.8) is 0 Å². The topological polar surface area (TPSA) is 50.8 Å². The molecule has 0 radical (unpaired) electrons. The van der Waals surface area contributed by atoms with Gasteiger partial charge in [0.1, 0.15) is 5.75 Å². The highest BCUT2D eigenvalue weighted by Crippen LogP contribution is 2.37. The van der Waals surface area contributed by atoms with Crippen LogP contribution in [0, 0.1) is 0 Å². The fourth-order valence-corrected chi connectivity index (χ4v) is 5.65. The van der Waals surface area contributed by atoms with E-state index in [1.54, 1.807) is 13.2 Å². The van der Waals surface area contributed by atoms with Gasteiger partial charge in [0.05, 0.1) is 29.7 Å². The van der Waals surface area contributed by atoms with Crippen LogP contribution >= 0.6 is 11.6 Å². The highest BCUT2D eigenvalue weighted by atomic mass is 35.5. The molecule has 1 N–H and O–H groups in total. The zero-order valence-electron chi connectivity index (χ0n) is 26.1. The van der Waals surface area contributed by atoms with Crippen molar-refractivity contribution < 1.29 is 27.4 Å². The lowest BCUT2D eigenvalue weighted by Crippen LogP contribution is -2.31. The van der Waals surface area contributed by atoms with Gasteiger partial charge >= 0.3 is 6.18 Å². The van der Waals surface area contributed by atoms with Crippen LogP contribution in [0.5, 0.6) is 5.75 Å². The molecule has 0 aliphatic rings. The zero-order valence-corrected chi connectivity index (χ0v) is 26.9. The minimum Gasteiger partial charge on any atom is -0.494 e. The summed E-state index contributed by atoms with van der Waals surface area (Å²) in [6.07, 6.45) is -3.93. The minimum absolute atomic E-state index is 0.0129. The van der Waals surface area contributed by atoms with Gasteiger partial charge in [0.15, 0.2) is 0 Å². The maximum absolute atomic E-state index is 13.7. The van der Waals surface area contributed by atoms with Crippen molar-refractivity contribution in [2.45, 2.75) is 37.9 Å². The molecule has 5 nitrogen and oxygen atoms in total. The number of nitrogens with zero attached hydrogens (tertiary/aromatic N) is 1. The van der Waals surface area contributed by atoms with Gasteiger partial charge in [-0.25, -0.2) is 0 Å². The summed E-state index contributed by atoms with van der Waals surface area (Å²) in [5.41, 5.74) is 2.65. The first-order valence-corrected chi connectivity index (χ1v) is 15.7. The molecule has 0 aliphatic carbocycles. The van der Waals surface area contributed by atoms with Gasteiger partial charge in [0, 0.05) is 39.2 Å².